The van der Waals surface area contributed by atoms with Gasteiger partial charge in [-0.3, -0.25) is 4.79 Å². The standard InChI is InChI=1S/C22H20N2O2S/c1-2-14-26-19-12-10-18(11-13-19)23-22(27)24-21(25)15-17-8-5-7-16-6-3-4-9-20(16)17/h2-13H,1,14-15H2,(H2,23,24,25,27). The summed E-state index contributed by atoms with van der Waals surface area (Å²) in [6.45, 7) is 4.07. The number of anilines is 1. The lowest BCUT2D eigenvalue weighted by Gasteiger charge is -2.11. The summed E-state index contributed by atoms with van der Waals surface area (Å²) < 4.78 is 5.43. The van der Waals surface area contributed by atoms with Crippen molar-refractivity contribution >= 4 is 39.7 Å². The summed E-state index contributed by atoms with van der Waals surface area (Å²) in [6.07, 6.45) is 1.95. The van der Waals surface area contributed by atoms with Crippen LogP contribution in [0.4, 0.5) is 5.69 Å². The Morgan fingerprint density at radius 2 is 1.78 bits per heavy atom. The summed E-state index contributed by atoms with van der Waals surface area (Å²) in [5.41, 5.74) is 1.74. The number of benzene rings is 3. The molecule has 3 rings (SSSR count). The second-order valence-electron chi connectivity index (χ2n) is 5.94. The molecule has 0 radical (unpaired) electrons. The van der Waals surface area contributed by atoms with E-state index in [1.807, 2.05) is 66.7 Å². The first-order chi connectivity index (χ1) is 13.2. The highest BCUT2D eigenvalue weighted by atomic mass is 32.1. The fraction of sp³-hybridized carbons (Fsp3) is 0.0909. The van der Waals surface area contributed by atoms with Crippen LogP contribution in [0.15, 0.2) is 79.4 Å². The number of hydrogen-bond acceptors (Lipinski definition) is 3. The fourth-order valence-corrected chi connectivity index (χ4v) is 2.97. The second kappa shape index (κ2) is 8.96. The monoisotopic (exact) mass is 376 g/mol. The molecule has 0 atom stereocenters. The Hall–Kier alpha value is -3.18. The molecule has 0 saturated heterocycles. The van der Waals surface area contributed by atoms with E-state index in [2.05, 4.69) is 17.2 Å². The zero-order valence-corrected chi connectivity index (χ0v) is 15.6. The van der Waals surface area contributed by atoms with E-state index in [9.17, 15) is 4.79 Å². The quantitative estimate of drug-likeness (QED) is 0.493. The van der Waals surface area contributed by atoms with Crippen molar-refractivity contribution in [1.82, 2.24) is 5.32 Å². The average Bonchev–Trinajstić information content (AvgIpc) is 2.67. The van der Waals surface area contributed by atoms with Crippen molar-refractivity contribution in [2.75, 3.05) is 11.9 Å². The molecule has 0 bridgehead atoms. The molecule has 0 heterocycles. The number of amides is 1. The molecular weight excluding hydrogens is 356 g/mol. The number of carbonyl (C=O) groups excluding carboxylic acids is 1. The maximum atomic E-state index is 12.4. The van der Waals surface area contributed by atoms with E-state index in [1.165, 1.54) is 0 Å². The molecule has 0 spiro atoms. The predicted octanol–water partition coefficient (Wildman–Crippen LogP) is 4.46. The molecule has 0 unspecified atom stereocenters. The van der Waals surface area contributed by atoms with Gasteiger partial charge in [0.1, 0.15) is 12.4 Å². The number of rotatable bonds is 6. The third kappa shape index (κ3) is 5.15. The van der Waals surface area contributed by atoms with Crippen LogP contribution in [-0.2, 0) is 11.2 Å². The number of thiocarbonyl (C=S) groups is 1. The Kier molecular flexibility index (Phi) is 6.18. The Morgan fingerprint density at radius 3 is 2.56 bits per heavy atom. The first-order valence-corrected chi connectivity index (χ1v) is 8.98. The SMILES string of the molecule is C=CCOc1ccc(NC(=S)NC(=O)Cc2cccc3ccccc23)cc1. The van der Waals surface area contributed by atoms with E-state index in [4.69, 9.17) is 17.0 Å². The van der Waals surface area contributed by atoms with Crippen LogP contribution in [0.3, 0.4) is 0 Å². The van der Waals surface area contributed by atoms with Crippen LogP contribution in [-0.4, -0.2) is 17.6 Å². The highest BCUT2D eigenvalue weighted by Gasteiger charge is 2.09. The van der Waals surface area contributed by atoms with Crippen LogP contribution in [0.1, 0.15) is 5.56 Å². The van der Waals surface area contributed by atoms with E-state index < -0.39 is 0 Å². The number of hydrogen-bond donors (Lipinski definition) is 2. The minimum atomic E-state index is -0.158. The zero-order chi connectivity index (χ0) is 19.1. The normalized spacial score (nSPS) is 10.2. The molecule has 2 N–H and O–H groups in total. The topological polar surface area (TPSA) is 50.4 Å². The summed E-state index contributed by atoms with van der Waals surface area (Å²) in [5, 5.41) is 8.18. The molecule has 27 heavy (non-hydrogen) atoms. The molecule has 1 amide bonds. The summed E-state index contributed by atoms with van der Waals surface area (Å²) in [7, 11) is 0. The Bertz CT molecular complexity index is 962. The van der Waals surface area contributed by atoms with Crippen molar-refractivity contribution < 1.29 is 9.53 Å². The van der Waals surface area contributed by atoms with Crippen molar-refractivity contribution in [3.63, 3.8) is 0 Å². The molecule has 0 fully saturated rings. The third-order valence-corrected chi connectivity index (χ3v) is 4.17. The van der Waals surface area contributed by atoms with Gasteiger partial charge in [0, 0.05) is 5.69 Å². The molecule has 3 aromatic carbocycles. The Morgan fingerprint density at radius 1 is 1.04 bits per heavy atom. The number of fused-ring (bicyclic) bond motifs is 1. The summed E-state index contributed by atoms with van der Waals surface area (Å²) in [4.78, 5) is 12.4. The van der Waals surface area contributed by atoms with Gasteiger partial charge < -0.3 is 15.4 Å². The predicted molar refractivity (Wildman–Crippen MR) is 114 cm³/mol. The van der Waals surface area contributed by atoms with Gasteiger partial charge >= 0.3 is 0 Å². The van der Waals surface area contributed by atoms with Crippen LogP contribution in [0.5, 0.6) is 5.75 Å². The van der Waals surface area contributed by atoms with Gasteiger partial charge in [0.25, 0.3) is 0 Å². The minimum absolute atomic E-state index is 0.158. The highest BCUT2D eigenvalue weighted by molar-refractivity contribution is 7.80. The molecule has 136 valence electrons. The van der Waals surface area contributed by atoms with Crippen molar-refractivity contribution in [3.05, 3.63) is 84.9 Å². The maximum absolute atomic E-state index is 12.4. The molecule has 4 nitrogen and oxygen atoms in total. The Balaban J connectivity index is 1.57. The number of nitrogens with one attached hydrogen (secondary N) is 2. The largest absolute Gasteiger partial charge is 0.490 e. The minimum Gasteiger partial charge on any atom is -0.490 e. The maximum Gasteiger partial charge on any atom is 0.230 e. The fourth-order valence-electron chi connectivity index (χ4n) is 2.74. The molecule has 0 saturated carbocycles. The number of carbonyl (C=O) groups is 1. The van der Waals surface area contributed by atoms with Gasteiger partial charge in [0.15, 0.2) is 5.11 Å². The summed E-state index contributed by atoms with van der Waals surface area (Å²) >= 11 is 5.24. The molecule has 0 aliphatic carbocycles. The molecule has 0 aromatic heterocycles. The van der Waals surface area contributed by atoms with Gasteiger partial charge in [-0.1, -0.05) is 55.1 Å². The molecule has 5 heteroatoms. The van der Waals surface area contributed by atoms with Gasteiger partial charge in [-0.2, -0.15) is 0 Å². The van der Waals surface area contributed by atoms with Crippen molar-refractivity contribution in [1.29, 1.82) is 0 Å². The van der Waals surface area contributed by atoms with Crippen LogP contribution in [0.25, 0.3) is 10.8 Å². The van der Waals surface area contributed by atoms with Crippen LogP contribution in [0, 0.1) is 0 Å². The van der Waals surface area contributed by atoms with E-state index in [0.29, 0.717) is 6.61 Å². The van der Waals surface area contributed by atoms with Crippen molar-refractivity contribution in [3.8, 4) is 5.75 Å². The van der Waals surface area contributed by atoms with Gasteiger partial charge in [0.2, 0.25) is 5.91 Å². The molecule has 0 aliphatic rings. The lowest BCUT2D eigenvalue weighted by molar-refractivity contribution is -0.119. The number of ether oxygens (including phenoxy) is 1. The third-order valence-electron chi connectivity index (χ3n) is 3.96. The first kappa shape index (κ1) is 18.6. The van der Waals surface area contributed by atoms with Crippen LogP contribution < -0.4 is 15.4 Å². The van der Waals surface area contributed by atoms with Gasteiger partial charge in [-0.25, -0.2) is 0 Å². The van der Waals surface area contributed by atoms with E-state index >= 15 is 0 Å². The summed E-state index contributed by atoms with van der Waals surface area (Å²) in [5.74, 6) is 0.584. The van der Waals surface area contributed by atoms with Crippen molar-refractivity contribution in [2.24, 2.45) is 0 Å². The van der Waals surface area contributed by atoms with Gasteiger partial charge in [-0.15, -0.1) is 0 Å². The van der Waals surface area contributed by atoms with E-state index in [1.54, 1.807) is 6.08 Å². The van der Waals surface area contributed by atoms with E-state index in [-0.39, 0.29) is 17.4 Å². The second-order valence-corrected chi connectivity index (χ2v) is 6.35. The van der Waals surface area contributed by atoms with Gasteiger partial charge in [0.05, 0.1) is 6.42 Å². The van der Waals surface area contributed by atoms with Crippen LogP contribution >= 0.6 is 12.2 Å². The van der Waals surface area contributed by atoms with Crippen LogP contribution in [0.2, 0.25) is 0 Å². The molecule has 3 aromatic rings. The summed E-state index contributed by atoms with van der Waals surface area (Å²) in [6, 6.07) is 21.3. The molecule has 0 aliphatic heterocycles. The van der Waals surface area contributed by atoms with E-state index in [0.717, 1.165) is 27.8 Å². The first-order valence-electron chi connectivity index (χ1n) is 8.57. The Labute approximate surface area is 163 Å². The average molecular weight is 376 g/mol. The van der Waals surface area contributed by atoms with Crippen molar-refractivity contribution in [2.45, 2.75) is 6.42 Å². The van der Waals surface area contributed by atoms with Gasteiger partial charge in [-0.05, 0) is 52.8 Å². The smallest absolute Gasteiger partial charge is 0.230 e. The lowest BCUT2D eigenvalue weighted by Crippen LogP contribution is -2.35. The highest BCUT2D eigenvalue weighted by Crippen LogP contribution is 2.19. The molecular formula is C22H20N2O2S. The zero-order valence-electron chi connectivity index (χ0n) is 14.8. The lowest BCUT2D eigenvalue weighted by atomic mass is 10.0.